The van der Waals surface area contributed by atoms with Crippen LogP contribution in [0.1, 0.15) is 23.7 Å². The van der Waals surface area contributed by atoms with Crippen LogP contribution in [0.5, 0.6) is 0 Å². The van der Waals surface area contributed by atoms with Gasteiger partial charge in [0, 0.05) is 12.4 Å². The van der Waals surface area contributed by atoms with E-state index in [4.69, 9.17) is 0 Å². The van der Waals surface area contributed by atoms with E-state index in [2.05, 4.69) is 28.2 Å². The highest BCUT2D eigenvalue weighted by Gasteiger charge is 2.09. The van der Waals surface area contributed by atoms with Crippen molar-refractivity contribution < 1.29 is 0 Å². The first-order valence-corrected chi connectivity index (χ1v) is 4.47. The summed E-state index contributed by atoms with van der Waals surface area (Å²) in [6, 6.07) is 4.36. The van der Waals surface area contributed by atoms with Crippen molar-refractivity contribution in [2.24, 2.45) is 4.99 Å². The molecule has 1 aliphatic heterocycles. The maximum absolute atomic E-state index is 4.36. The molecular formula is C11H12N2. The van der Waals surface area contributed by atoms with Gasteiger partial charge in [-0.1, -0.05) is 12.1 Å². The second-order valence-electron chi connectivity index (χ2n) is 3.24. The zero-order chi connectivity index (χ0) is 9.10. The number of dihydropyridines is 1. The Kier molecular flexibility index (Phi) is 2.21. The van der Waals surface area contributed by atoms with Gasteiger partial charge in [0.15, 0.2) is 0 Å². The smallest absolute Gasteiger partial charge is 0.0953 e. The van der Waals surface area contributed by atoms with E-state index in [0.29, 0.717) is 0 Å². The van der Waals surface area contributed by atoms with E-state index in [-0.39, 0.29) is 6.04 Å². The Hall–Kier alpha value is -1.44. The first-order valence-electron chi connectivity index (χ1n) is 4.47. The van der Waals surface area contributed by atoms with Crippen molar-refractivity contribution in [1.82, 2.24) is 4.98 Å². The van der Waals surface area contributed by atoms with Gasteiger partial charge >= 0.3 is 0 Å². The lowest BCUT2D eigenvalue weighted by molar-refractivity contribution is 0.712. The van der Waals surface area contributed by atoms with Crippen LogP contribution in [0, 0.1) is 6.92 Å². The maximum atomic E-state index is 4.36. The quantitative estimate of drug-likeness (QED) is 0.638. The molecule has 0 N–H and O–H groups in total. The van der Waals surface area contributed by atoms with E-state index in [9.17, 15) is 0 Å². The lowest BCUT2D eigenvalue weighted by atomic mass is 10.1. The number of aromatic nitrogens is 1. The predicted molar refractivity (Wildman–Crippen MR) is 54.0 cm³/mol. The molecule has 1 aromatic heterocycles. The number of hydrogen-bond donors (Lipinski definition) is 0. The summed E-state index contributed by atoms with van der Waals surface area (Å²) in [6.45, 7) is 2.04. The zero-order valence-corrected chi connectivity index (χ0v) is 7.64. The molecule has 2 heteroatoms. The second kappa shape index (κ2) is 3.52. The average Bonchev–Trinajstić information content (AvgIpc) is 2.20. The van der Waals surface area contributed by atoms with Gasteiger partial charge < -0.3 is 0 Å². The Bertz CT molecular complexity index is 336. The maximum Gasteiger partial charge on any atom is 0.0953 e. The Morgan fingerprint density at radius 3 is 2.92 bits per heavy atom. The molecule has 0 amide bonds. The number of allylic oxidation sites excluding steroid dienone is 1. The molecule has 1 aliphatic rings. The van der Waals surface area contributed by atoms with Crippen LogP contribution in [0.3, 0.4) is 0 Å². The average molecular weight is 172 g/mol. The van der Waals surface area contributed by atoms with Gasteiger partial charge in [-0.05, 0) is 31.1 Å². The monoisotopic (exact) mass is 172 g/mol. The molecule has 13 heavy (non-hydrogen) atoms. The minimum Gasteiger partial charge on any atom is -0.283 e. The molecule has 0 radical (unpaired) electrons. The Labute approximate surface area is 78.0 Å². The van der Waals surface area contributed by atoms with Crippen molar-refractivity contribution in [3.05, 3.63) is 41.7 Å². The molecule has 0 saturated heterocycles. The van der Waals surface area contributed by atoms with Gasteiger partial charge in [-0.2, -0.15) is 0 Å². The minimum atomic E-state index is 0.227. The summed E-state index contributed by atoms with van der Waals surface area (Å²) in [5, 5.41) is 0. The van der Waals surface area contributed by atoms with E-state index in [1.165, 1.54) is 5.56 Å². The third-order valence-electron chi connectivity index (χ3n) is 2.12. The summed E-state index contributed by atoms with van der Waals surface area (Å²) in [5.41, 5.74) is 2.25. The van der Waals surface area contributed by atoms with Gasteiger partial charge in [0.05, 0.1) is 11.7 Å². The molecule has 1 aromatic rings. The van der Waals surface area contributed by atoms with Crippen LogP contribution in [0.2, 0.25) is 0 Å². The van der Waals surface area contributed by atoms with Crippen molar-refractivity contribution in [3.63, 3.8) is 0 Å². The molecular weight excluding hydrogens is 160 g/mol. The second-order valence-corrected chi connectivity index (χ2v) is 3.24. The summed E-state index contributed by atoms with van der Waals surface area (Å²) >= 11 is 0. The molecule has 2 heterocycles. The van der Waals surface area contributed by atoms with E-state index in [0.717, 1.165) is 12.1 Å². The normalized spacial score (nSPS) is 20.5. The van der Waals surface area contributed by atoms with Crippen LogP contribution in [0.25, 0.3) is 0 Å². The molecule has 66 valence electrons. The zero-order valence-electron chi connectivity index (χ0n) is 7.64. The van der Waals surface area contributed by atoms with Gasteiger partial charge in [0.25, 0.3) is 0 Å². The van der Waals surface area contributed by atoms with Gasteiger partial charge in [0.1, 0.15) is 0 Å². The standard InChI is InChI=1S/C11H12N2/c1-9-5-6-11(13-8-9)10-4-2-3-7-12-10/h2-3,5-8,10H,4H2,1H3. The predicted octanol–water partition coefficient (Wildman–Crippen LogP) is 2.46. The van der Waals surface area contributed by atoms with Crippen LogP contribution >= 0.6 is 0 Å². The molecule has 0 saturated carbocycles. The molecule has 0 fully saturated rings. The van der Waals surface area contributed by atoms with Gasteiger partial charge in [0.2, 0.25) is 0 Å². The van der Waals surface area contributed by atoms with Crippen LogP contribution in [0.15, 0.2) is 35.5 Å². The van der Waals surface area contributed by atoms with Crippen LogP contribution in [0.4, 0.5) is 0 Å². The first kappa shape index (κ1) is 8.17. The van der Waals surface area contributed by atoms with Gasteiger partial charge in [-0.3, -0.25) is 9.98 Å². The van der Waals surface area contributed by atoms with Crippen LogP contribution in [-0.4, -0.2) is 11.2 Å². The fourth-order valence-electron chi connectivity index (χ4n) is 1.36. The van der Waals surface area contributed by atoms with Crippen molar-refractivity contribution in [2.45, 2.75) is 19.4 Å². The summed E-state index contributed by atoms with van der Waals surface area (Å²) in [5.74, 6) is 0. The minimum absolute atomic E-state index is 0.227. The van der Waals surface area contributed by atoms with E-state index in [1.807, 2.05) is 25.4 Å². The fraction of sp³-hybridized carbons (Fsp3) is 0.273. The Morgan fingerprint density at radius 1 is 1.38 bits per heavy atom. The van der Waals surface area contributed by atoms with Crippen molar-refractivity contribution in [1.29, 1.82) is 0 Å². The lowest BCUT2D eigenvalue weighted by Gasteiger charge is -2.11. The molecule has 0 aliphatic carbocycles. The van der Waals surface area contributed by atoms with Crippen molar-refractivity contribution in [2.75, 3.05) is 0 Å². The topological polar surface area (TPSA) is 25.2 Å². The molecule has 0 bridgehead atoms. The highest BCUT2D eigenvalue weighted by atomic mass is 14.8. The highest BCUT2D eigenvalue weighted by molar-refractivity contribution is 5.72. The number of hydrogen-bond acceptors (Lipinski definition) is 2. The fourth-order valence-corrected chi connectivity index (χ4v) is 1.36. The summed E-state index contributed by atoms with van der Waals surface area (Å²) in [6.07, 6.45) is 8.80. The van der Waals surface area contributed by atoms with E-state index in [1.54, 1.807) is 0 Å². The Balaban J connectivity index is 2.21. The summed E-state index contributed by atoms with van der Waals surface area (Å²) in [7, 11) is 0. The molecule has 1 unspecified atom stereocenters. The molecule has 0 spiro atoms. The number of aryl methyl sites for hydroxylation is 1. The number of nitrogens with zero attached hydrogens (tertiary/aromatic N) is 2. The Morgan fingerprint density at radius 2 is 2.31 bits per heavy atom. The largest absolute Gasteiger partial charge is 0.283 e. The van der Waals surface area contributed by atoms with Gasteiger partial charge in [-0.15, -0.1) is 0 Å². The summed E-state index contributed by atoms with van der Waals surface area (Å²) < 4.78 is 0. The van der Waals surface area contributed by atoms with Gasteiger partial charge in [-0.25, -0.2) is 0 Å². The van der Waals surface area contributed by atoms with Crippen LogP contribution in [-0.2, 0) is 0 Å². The lowest BCUT2D eigenvalue weighted by Crippen LogP contribution is -2.00. The third kappa shape index (κ3) is 1.83. The van der Waals surface area contributed by atoms with E-state index >= 15 is 0 Å². The molecule has 1 atom stereocenters. The number of rotatable bonds is 1. The first-order chi connectivity index (χ1) is 6.36. The summed E-state index contributed by atoms with van der Waals surface area (Å²) in [4.78, 5) is 8.71. The highest BCUT2D eigenvalue weighted by Crippen LogP contribution is 2.21. The number of pyridine rings is 1. The van der Waals surface area contributed by atoms with Crippen molar-refractivity contribution in [3.8, 4) is 0 Å². The van der Waals surface area contributed by atoms with Crippen LogP contribution < -0.4 is 0 Å². The van der Waals surface area contributed by atoms with Crippen molar-refractivity contribution >= 4 is 6.21 Å². The molecule has 2 rings (SSSR count). The number of aliphatic imine (C=N–C) groups is 1. The molecule has 2 nitrogen and oxygen atoms in total. The SMILES string of the molecule is Cc1ccc(C2CC=CC=N2)nc1. The third-order valence-corrected chi connectivity index (χ3v) is 2.12. The molecule has 0 aromatic carbocycles. The van der Waals surface area contributed by atoms with E-state index < -0.39 is 0 Å².